The zero-order valence-corrected chi connectivity index (χ0v) is 19.6. The van der Waals surface area contributed by atoms with Crippen LogP contribution in [0.5, 0.6) is 11.5 Å². The van der Waals surface area contributed by atoms with Crippen LogP contribution in [-0.2, 0) is 10.0 Å². The van der Waals surface area contributed by atoms with Gasteiger partial charge in [-0.25, -0.2) is 12.4 Å². The number of rotatable bonds is 7. The number of hydrogen-bond acceptors (Lipinski definition) is 6. The van der Waals surface area contributed by atoms with E-state index in [1.165, 1.54) is 48.5 Å². The van der Waals surface area contributed by atoms with Gasteiger partial charge in [0.1, 0.15) is 0 Å². The number of para-hydroxylation sites is 1. The fraction of sp³-hybridized carbons (Fsp3) is 0.120. The Balaban J connectivity index is 1.96. The van der Waals surface area contributed by atoms with Crippen LogP contribution in [-0.4, -0.2) is 31.5 Å². The molecule has 0 spiro atoms. The van der Waals surface area contributed by atoms with Crippen LogP contribution >= 0.6 is 0 Å². The topological polar surface area (TPSA) is 101 Å². The number of ether oxygens (including phenoxy) is 2. The minimum absolute atomic E-state index is 0.141. The Morgan fingerprint density at radius 1 is 0.912 bits per heavy atom. The molecule has 34 heavy (non-hydrogen) atoms. The lowest BCUT2D eigenvalue weighted by Crippen LogP contribution is -2.14. The molecule has 4 aromatic rings. The number of nitro groups is 1. The normalized spacial score (nSPS) is 11.7. The number of benzene rings is 3. The van der Waals surface area contributed by atoms with Gasteiger partial charge in [-0.15, -0.1) is 0 Å². The summed E-state index contributed by atoms with van der Waals surface area (Å²) in [4.78, 5) is 11.3. The molecule has 3 aromatic carbocycles. The molecule has 4 rings (SSSR count). The second kappa shape index (κ2) is 9.03. The third-order valence-electron chi connectivity index (χ3n) is 5.56. The summed E-state index contributed by atoms with van der Waals surface area (Å²) >= 11 is 0. The Hall–Kier alpha value is -4.11. The van der Waals surface area contributed by atoms with Gasteiger partial charge in [-0.1, -0.05) is 36.4 Å². The van der Waals surface area contributed by atoms with Gasteiger partial charge in [0.2, 0.25) is 0 Å². The highest BCUT2D eigenvalue weighted by atomic mass is 32.2. The summed E-state index contributed by atoms with van der Waals surface area (Å²) in [5.41, 5.74) is 1.70. The molecule has 1 heterocycles. The van der Waals surface area contributed by atoms with Crippen LogP contribution in [0.15, 0.2) is 71.6 Å². The monoisotopic (exact) mass is 478 g/mol. The standard InChI is InChI=1S/C25H22N2O6S/c1-17-20-11-7-8-12-22(20)26(34(30,31)19-9-5-4-6-10-19)21(17)14-13-18-15-24(32-2)25(33-3)16-23(18)27(28)29/h4-16H,1-3H3/b14-13+. The summed E-state index contributed by atoms with van der Waals surface area (Å²) in [6.07, 6.45) is 3.09. The van der Waals surface area contributed by atoms with Crippen molar-refractivity contribution in [3.05, 3.63) is 93.7 Å². The molecule has 0 bridgehead atoms. The van der Waals surface area contributed by atoms with E-state index in [0.717, 1.165) is 10.9 Å². The molecule has 0 aliphatic carbocycles. The lowest BCUT2D eigenvalue weighted by molar-refractivity contribution is -0.385. The maximum atomic E-state index is 13.6. The van der Waals surface area contributed by atoms with E-state index in [9.17, 15) is 18.5 Å². The molecule has 174 valence electrons. The Kier molecular flexibility index (Phi) is 6.12. The van der Waals surface area contributed by atoms with Crippen molar-refractivity contribution >= 4 is 38.8 Å². The summed E-state index contributed by atoms with van der Waals surface area (Å²) in [6, 6.07) is 18.1. The first-order valence-electron chi connectivity index (χ1n) is 10.3. The van der Waals surface area contributed by atoms with Gasteiger partial charge in [0.05, 0.1) is 46.9 Å². The molecule has 0 aliphatic heterocycles. The smallest absolute Gasteiger partial charge is 0.280 e. The maximum Gasteiger partial charge on any atom is 0.280 e. The fourth-order valence-electron chi connectivity index (χ4n) is 3.88. The van der Waals surface area contributed by atoms with E-state index in [2.05, 4.69) is 0 Å². The number of aromatic nitrogens is 1. The highest BCUT2D eigenvalue weighted by Crippen LogP contribution is 2.36. The Labute approximate surface area is 196 Å². The molecule has 0 atom stereocenters. The summed E-state index contributed by atoms with van der Waals surface area (Å²) in [5, 5.41) is 12.5. The van der Waals surface area contributed by atoms with Crippen LogP contribution in [0, 0.1) is 17.0 Å². The first kappa shape index (κ1) is 23.1. The minimum atomic E-state index is -3.94. The second-order valence-electron chi connectivity index (χ2n) is 7.47. The largest absolute Gasteiger partial charge is 0.493 e. The number of methoxy groups -OCH3 is 2. The van der Waals surface area contributed by atoms with Gasteiger partial charge < -0.3 is 9.47 Å². The third kappa shape index (κ3) is 3.90. The van der Waals surface area contributed by atoms with Crippen LogP contribution in [0.25, 0.3) is 23.1 Å². The molecule has 0 radical (unpaired) electrons. The zero-order valence-electron chi connectivity index (χ0n) is 18.8. The molecule has 0 saturated heterocycles. The van der Waals surface area contributed by atoms with Crippen molar-refractivity contribution in [2.24, 2.45) is 0 Å². The van der Waals surface area contributed by atoms with Crippen LogP contribution in [0.1, 0.15) is 16.8 Å². The van der Waals surface area contributed by atoms with E-state index < -0.39 is 14.9 Å². The van der Waals surface area contributed by atoms with Gasteiger partial charge in [-0.3, -0.25) is 10.1 Å². The minimum Gasteiger partial charge on any atom is -0.493 e. The highest BCUT2D eigenvalue weighted by Gasteiger charge is 2.25. The van der Waals surface area contributed by atoms with E-state index in [1.54, 1.807) is 36.4 Å². The van der Waals surface area contributed by atoms with Gasteiger partial charge in [0.25, 0.3) is 15.7 Å². The molecule has 8 nitrogen and oxygen atoms in total. The molecule has 0 N–H and O–H groups in total. The van der Waals surface area contributed by atoms with Crippen molar-refractivity contribution in [3.63, 3.8) is 0 Å². The molecule has 0 fully saturated rings. The molecular formula is C25H22N2O6S. The van der Waals surface area contributed by atoms with Gasteiger partial charge in [-0.05, 0) is 48.9 Å². The van der Waals surface area contributed by atoms with E-state index in [4.69, 9.17) is 9.47 Å². The van der Waals surface area contributed by atoms with Crippen molar-refractivity contribution in [2.75, 3.05) is 14.2 Å². The SMILES string of the molecule is COc1cc(/C=C/c2c(C)c3ccccc3n2S(=O)(=O)c2ccccc2)c([N+](=O)[O-])cc1OC. The fourth-order valence-corrected chi connectivity index (χ4v) is 5.47. The van der Waals surface area contributed by atoms with Crippen LogP contribution < -0.4 is 9.47 Å². The van der Waals surface area contributed by atoms with Crippen molar-refractivity contribution in [3.8, 4) is 11.5 Å². The van der Waals surface area contributed by atoms with Gasteiger partial charge in [0.15, 0.2) is 11.5 Å². The number of hydrogen-bond donors (Lipinski definition) is 0. The summed E-state index contributed by atoms with van der Waals surface area (Å²) in [6.45, 7) is 1.82. The van der Waals surface area contributed by atoms with Crippen LogP contribution in [0.2, 0.25) is 0 Å². The molecule has 0 unspecified atom stereocenters. The van der Waals surface area contributed by atoms with Crippen LogP contribution in [0.4, 0.5) is 5.69 Å². The average Bonchev–Trinajstić information content (AvgIpc) is 3.14. The van der Waals surface area contributed by atoms with Gasteiger partial charge >= 0.3 is 0 Å². The van der Waals surface area contributed by atoms with Crippen molar-refractivity contribution in [1.82, 2.24) is 3.97 Å². The van der Waals surface area contributed by atoms with E-state index in [0.29, 0.717) is 17.0 Å². The first-order valence-corrected chi connectivity index (χ1v) is 11.7. The maximum absolute atomic E-state index is 13.6. The molecule has 9 heteroatoms. The van der Waals surface area contributed by atoms with Gasteiger partial charge in [-0.2, -0.15) is 0 Å². The quantitative estimate of drug-likeness (QED) is 0.265. The van der Waals surface area contributed by atoms with E-state index in [-0.39, 0.29) is 21.9 Å². The third-order valence-corrected chi connectivity index (χ3v) is 7.30. The van der Waals surface area contributed by atoms with Crippen molar-refractivity contribution in [2.45, 2.75) is 11.8 Å². The molecule has 1 aromatic heterocycles. The number of aryl methyl sites for hydroxylation is 1. The molecule has 0 aliphatic rings. The van der Waals surface area contributed by atoms with Crippen molar-refractivity contribution < 1.29 is 22.8 Å². The number of fused-ring (bicyclic) bond motifs is 1. The Morgan fingerprint density at radius 3 is 2.18 bits per heavy atom. The summed E-state index contributed by atoms with van der Waals surface area (Å²) in [5.74, 6) is 0.547. The predicted octanol–water partition coefficient (Wildman–Crippen LogP) is 5.28. The molecular weight excluding hydrogens is 456 g/mol. The average molecular weight is 479 g/mol. The van der Waals surface area contributed by atoms with Gasteiger partial charge in [0, 0.05) is 5.39 Å². The lowest BCUT2D eigenvalue weighted by atomic mass is 10.1. The molecule has 0 amide bonds. The zero-order chi connectivity index (χ0) is 24.5. The summed E-state index contributed by atoms with van der Waals surface area (Å²) in [7, 11) is -1.11. The number of nitrogens with zero attached hydrogens (tertiary/aromatic N) is 2. The van der Waals surface area contributed by atoms with Crippen LogP contribution in [0.3, 0.4) is 0 Å². The lowest BCUT2D eigenvalue weighted by Gasteiger charge is -2.11. The Morgan fingerprint density at radius 2 is 1.53 bits per heavy atom. The Bertz CT molecular complexity index is 1520. The van der Waals surface area contributed by atoms with Crippen molar-refractivity contribution in [1.29, 1.82) is 0 Å². The predicted molar refractivity (Wildman–Crippen MR) is 131 cm³/mol. The number of nitro benzene ring substituents is 1. The summed E-state index contributed by atoms with van der Waals surface area (Å²) < 4.78 is 39.0. The first-order chi connectivity index (χ1) is 16.3. The van der Waals surface area contributed by atoms with E-state index >= 15 is 0 Å². The second-order valence-corrected chi connectivity index (χ2v) is 9.25. The molecule has 0 saturated carbocycles. The highest BCUT2D eigenvalue weighted by molar-refractivity contribution is 7.90. The van der Waals surface area contributed by atoms with E-state index in [1.807, 2.05) is 19.1 Å².